The average Bonchev–Trinajstić information content (AvgIpc) is 3.37. The molecule has 301 valence electrons. The normalized spacial score (nSPS) is 10.0. The summed E-state index contributed by atoms with van der Waals surface area (Å²) in [5.74, 6) is 0. The van der Waals surface area contributed by atoms with E-state index in [0.717, 1.165) is 0 Å². The first-order chi connectivity index (χ1) is 30.3. The summed E-state index contributed by atoms with van der Waals surface area (Å²) in [6.45, 7) is 4.50. The van der Waals surface area contributed by atoms with Crippen molar-refractivity contribution in [1.82, 2.24) is 0 Å². The van der Waals surface area contributed by atoms with Crippen LogP contribution in [0, 0.1) is 6.65 Å². The minimum Gasteiger partial charge on any atom is -0.0622 e. The van der Waals surface area contributed by atoms with Crippen LogP contribution in [-0.4, -0.2) is 0 Å². The summed E-state index contributed by atoms with van der Waals surface area (Å²) in [5, 5.41) is 12.6. The van der Waals surface area contributed by atoms with Gasteiger partial charge in [0.15, 0.2) is 0 Å². The van der Waals surface area contributed by atoms with Gasteiger partial charge in [0.2, 0.25) is 0 Å². The third-order valence-corrected chi connectivity index (χ3v) is 16.5. The molecule has 0 amide bonds. The van der Waals surface area contributed by atoms with E-state index in [1.165, 1.54) is 65.3 Å². The number of rotatable bonds is 9. The van der Waals surface area contributed by atoms with Gasteiger partial charge in [0, 0.05) is 0 Å². The van der Waals surface area contributed by atoms with Gasteiger partial charge in [-0.3, -0.25) is 0 Å². The summed E-state index contributed by atoms with van der Waals surface area (Å²) >= 11 is 1.33. The molecular formula is C55H45ClOOsP3. The van der Waals surface area contributed by atoms with Gasteiger partial charge in [0.25, 0.3) is 0 Å². The predicted molar refractivity (Wildman–Crippen MR) is 265 cm³/mol. The SMILES string of the molecule is [C-]#[O+].[Cl][Os].c1ccc(P(c2ccccc2)c2ccccc2)cc1.c1ccc(P(c2ccccc2)c2ccccc2)cc1.c1ccc(P(c2ccccc2)c2ccccc2)cc1. The molecule has 0 spiro atoms. The number of benzene rings is 9. The maximum Gasteiger partial charge on any atom is -0.0134 e. The van der Waals surface area contributed by atoms with Gasteiger partial charge >= 0.3 is 38.5 Å². The first-order valence-corrected chi connectivity index (χ1v) is 26.7. The summed E-state index contributed by atoms with van der Waals surface area (Å²) in [7, 11) is 3.33. The zero-order chi connectivity index (χ0) is 42.7. The summed E-state index contributed by atoms with van der Waals surface area (Å²) in [5.41, 5.74) is 0. The largest absolute Gasteiger partial charge is 0.0622 e. The zero-order valence-electron chi connectivity index (χ0n) is 33.5. The van der Waals surface area contributed by atoms with Crippen LogP contribution >= 0.6 is 33.4 Å². The molecule has 0 bridgehead atoms. The molecule has 0 saturated heterocycles. The number of hydrogen-bond donors (Lipinski definition) is 0. The predicted octanol–water partition coefficient (Wildman–Crippen LogP) is 11.0. The fourth-order valence-electron chi connectivity index (χ4n) is 6.54. The molecule has 0 saturated carbocycles. The van der Waals surface area contributed by atoms with Gasteiger partial charge in [-0.1, -0.05) is 273 Å². The number of halogens is 1. The van der Waals surface area contributed by atoms with E-state index in [9.17, 15) is 0 Å². The fourth-order valence-corrected chi connectivity index (χ4v) is 13.5. The van der Waals surface area contributed by atoms with Crippen LogP contribution in [0.15, 0.2) is 273 Å². The summed E-state index contributed by atoms with van der Waals surface area (Å²) in [6.07, 6.45) is 0. The molecule has 6 heteroatoms. The van der Waals surface area contributed by atoms with E-state index in [2.05, 4.69) is 289 Å². The van der Waals surface area contributed by atoms with E-state index in [4.69, 9.17) is 4.65 Å². The first-order valence-electron chi connectivity index (χ1n) is 19.5. The Morgan fingerprint density at radius 3 is 0.377 bits per heavy atom. The Hall–Kier alpha value is -5.06. The van der Waals surface area contributed by atoms with Crippen LogP contribution < -0.4 is 47.7 Å². The molecule has 0 unspecified atom stereocenters. The van der Waals surface area contributed by atoms with E-state index in [1.54, 1.807) is 0 Å². The molecule has 9 aromatic carbocycles. The molecule has 0 aliphatic carbocycles. The van der Waals surface area contributed by atoms with E-state index < -0.39 is 23.8 Å². The molecule has 61 heavy (non-hydrogen) atoms. The van der Waals surface area contributed by atoms with Crippen molar-refractivity contribution in [3.63, 3.8) is 0 Å². The van der Waals surface area contributed by atoms with Crippen molar-refractivity contribution < 1.29 is 22.3 Å². The summed E-state index contributed by atoms with van der Waals surface area (Å²) < 4.78 is 7.50. The smallest absolute Gasteiger partial charge is 0.0134 e. The molecule has 0 aromatic heterocycles. The maximum atomic E-state index is 7.50. The van der Waals surface area contributed by atoms with Crippen molar-refractivity contribution in [3.8, 4) is 0 Å². The molecule has 0 fully saturated rings. The molecule has 0 aliphatic heterocycles. The Labute approximate surface area is 380 Å². The fraction of sp³-hybridized carbons (Fsp3) is 0. The average molecular weight is 1040 g/mol. The van der Waals surface area contributed by atoms with Crippen LogP contribution in [0.2, 0.25) is 0 Å². The second kappa shape index (κ2) is 27.7. The van der Waals surface area contributed by atoms with Gasteiger partial charge < -0.3 is 0 Å². The van der Waals surface area contributed by atoms with E-state index in [1.807, 2.05) is 0 Å². The third-order valence-electron chi connectivity index (χ3n) is 9.13. The van der Waals surface area contributed by atoms with Crippen LogP contribution in [0.3, 0.4) is 0 Å². The van der Waals surface area contributed by atoms with E-state index in [0.29, 0.717) is 0 Å². The van der Waals surface area contributed by atoms with Gasteiger partial charge in [-0.05, 0) is 71.5 Å². The quantitative estimate of drug-likeness (QED) is 0.0780. The minimum atomic E-state index is -0.446. The maximum absolute atomic E-state index is 7.50. The molecule has 0 radical (unpaired) electrons. The Morgan fingerprint density at radius 2 is 0.295 bits per heavy atom. The van der Waals surface area contributed by atoms with E-state index >= 15 is 0 Å². The monoisotopic (exact) mass is 1040 g/mol. The van der Waals surface area contributed by atoms with E-state index in [-0.39, 0.29) is 0 Å². The summed E-state index contributed by atoms with van der Waals surface area (Å²) in [6, 6.07) is 97.0. The molecule has 9 aromatic rings. The molecule has 0 N–H and O–H groups in total. The topological polar surface area (TPSA) is 19.9 Å². The van der Waals surface area contributed by atoms with Gasteiger partial charge in [-0.25, -0.2) is 0 Å². The Balaban J connectivity index is 0.000000166. The van der Waals surface area contributed by atoms with Crippen LogP contribution in [0.25, 0.3) is 0 Å². The van der Waals surface area contributed by atoms with Crippen molar-refractivity contribution >= 4 is 81.1 Å². The Bertz CT molecular complexity index is 1920. The van der Waals surface area contributed by atoms with Crippen LogP contribution in [0.4, 0.5) is 0 Å². The van der Waals surface area contributed by atoms with Crippen molar-refractivity contribution in [2.24, 2.45) is 0 Å². The van der Waals surface area contributed by atoms with Crippen molar-refractivity contribution in [2.45, 2.75) is 0 Å². The molecular weight excluding hydrogens is 995 g/mol. The summed E-state index contributed by atoms with van der Waals surface area (Å²) in [4.78, 5) is 0. The molecule has 0 heterocycles. The van der Waals surface area contributed by atoms with Crippen LogP contribution in [0.5, 0.6) is 0 Å². The van der Waals surface area contributed by atoms with Crippen molar-refractivity contribution in [2.75, 3.05) is 0 Å². The zero-order valence-corrected chi connectivity index (χ0v) is 39.4. The van der Waals surface area contributed by atoms with Crippen LogP contribution in [0.1, 0.15) is 0 Å². The molecule has 0 atom stereocenters. The molecule has 9 rings (SSSR count). The second-order valence-electron chi connectivity index (χ2n) is 13.0. The Morgan fingerprint density at radius 1 is 0.213 bits per heavy atom. The van der Waals surface area contributed by atoms with Crippen LogP contribution in [-0.2, 0) is 22.3 Å². The second-order valence-corrected chi connectivity index (χ2v) is 19.7. The molecule has 1 nitrogen and oxygen atoms in total. The van der Waals surface area contributed by atoms with Crippen molar-refractivity contribution in [1.29, 1.82) is 0 Å². The first kappa shape index (κ1) is 47.0. The molecule has 0 aliphatic rings. The van der Waals surface area contributed by atoms with Gasteiger partial charge in [-0.15, -0.1) is 0 Å². The van der Waals surface area contributed by atoms with Gasteiger partial charge in [-0.2, -0.15) is 0 Å². The van der Waals surface area contributed by atoms with Gasteiger partial charge in [0.05, 0.1) is 0 Å². The minimum absolute atomic E-state index is 0.446. The Kier molecular flexibility index (Phi) is 21.4. The number of hydrogen-bond acceptors (Lipinski definition) is 0. The standard InChI is InChI=1S/3C18H15P.CO.ClH.Os/c3*1-4-10-16(11-5-1)19(17-12-6-2-7-13-17)18-14-8-3-9-15-18;1-2;;/h3*1-15H;;1H;/q;;;;;+1/p-1. The van der Waals surface area contributed by atoms with Gasteiger partial charge in [0.1, 0.15) is 0 Å². The third kappa shape index (κ3) is 14.5. The van der Waals surface area contributed by atoms with Crippen molar-refractivity contribution in [3.05, 3.63) is 280 Å².